The summed E-state index contributed by atoms with van der Waals surface area (Å²) in [6.07, 6.45) is 0.535. The number of halogens is 1. The van der Waals surface area contributed by atoms with Crippen LogP contribution >= 0.6 is 15.9 Å². The highest BCUT2D eigenvalue weighted by atomic mass is 79.9. The molecule has 0 aliphatic rings. The van der Waals surface area contributed by atoms with Crippen molar-refractivity contribution in [3.63, 3.8) is 0 Å². The maximum absolute atomic E-state index is 11.9. The van der Waals surface area contributed by atoms with Crippen molar-refractivity contribution in [1.29, 1.82) is 0 Å². The van der Waals surface area contributed by atoms with Crippen LogP contribution < -0.4 is 5.73 Å². The highest BCUT2D eigenvalue weighted by Crippen LogP contribution is 2.24. The highest BCUT2D eigenvalue weighted by Gasteiger charge is 2.29. The number of hydrogen-bond acceptors (Lipinski definition) is 3. The minimum absolute atomic E-state index is 0.135. The SMILES string of the molecule is CC[C@@H]([C@@H](N)c1ccc(Br)cc1)S(=O)(=O)CC. The fourth-order valence-corrected chi connectivity index (χ4v) is 3.65. The van der Waals surface area contributed by atoms with Crippen LogP contribution in [0.25, 0.3) is 0 Å². The fraction of sp³-hybridized carbons (Fsp3) is 0.500. The average molecular weight is 320 g/mol. The molecule has 0 amide bonds. The summed E-state index contributed by atoms with van der Waals surface area (Å²) in [7, 11) is -3.10. The number of sulfone groups is 1. The molecule has 1 rings (SSSR count). The second kappa shape index (κ2) is 5.98. The summed E-state index contributed by atoms with van der Waals surface area (Å²) < 4.78 is 24.8. The van der Waals surface area contributed by atoms with E-state index in [1.54, 1.807) is 6.92 Å². The van der Waals surface area contributed by atoms with E-state index in [9.17, 15) is 8.42 Å². The fourth-order valence-electron chi connectivity index (χ4n) is 1.84. The van der Waals surface area contributed by atoms with Crippen LogP contribution in [-0.2, 0) is 9.84 Å². The Labute approximate surface area is 111 Å². The lowest BCUT2D eigenvalue weighted by Gasteiger charge is -2.22. The molecule has 0 radical (unpaired) electrons. The molecule has 0 unspecified atom stereocenters. The second-order valence-corrected chi connectivity index (χ2v) is 7.40. The van der Waals surface area contributed by atoms with Gasteiger partial charge in [-0.15, -0.1) is 0 Å². The predicted molar refractivity (Wildman–Crippen MR) is 74.6 cm³/mol. The molecule has 2 N–H and O–H groups in total. The third kappa shape index (κ3) is 3.53. The zero-order valence-electron chi connectivity index (χ0n) is 10.1. The van der Waals surface area contributed by atoms with Crippen molar-refractivity contribution in [3.05, 3.63) is 34.3 Å². The summed E-state index contributed by atoms with van der Waals surface area (Å²) >= 11 is 3.34. The second-order valence-electron chi connectivity index (χ2n) is 3.98. The molecule has 0 heterocycles. The van der Waals surface area contributed by atoms with E-state index in [1.807, 2.05) is 31.2 Å². The first-order chi connectivity index (χ1) is 7.92. The van der Waals surface area contributed by atoms with Crippen molar-refractivity contribution < 1.29 is 8.42 Å². The van der Waals surface area contributed by atoms with Crippen LogP contribution in [0.3, 0.4) is 0 Å². The Morgan fingerprint density at radius 3 is 2.18 bits per heavy atom. The lowest BCUT2D eigenvalue weighted by molar-refractivity contribution is 0.549. The zero-order chi connectivity index (χ0) is 13.1. The molecule has 2 atom stereocenters. The molecule has 0 spiro atoms. The van der Waals surface area contributed by atoms with Crippen molar-refractivity contribution in [2.45, 2.75) is 31.6 Å². The molecule has 1 aromatic rings. The Bertz CT molecular complexity index is 456. The molecule has 5 heteroatoms. The van der Waals surface area contributed by atoms with Gasteiger partial charge >= 0.3 is 0 Å². The topological polar surface area (TPSA) is 60.2 Å². The van der Waals surface area contributed by atoms with Crippen LogP contribution in [-0.4, -0.2) is 19.4 Å². The summed E-state index contributed by atoms with van der Waals surface area (Å²) in [6, 6.07) is 7.02. The first-order valence-corrected chi connectivity index (χ1v) is 8.15. The van der Waals surface area contributed by atoms with Crippen molar-refractivity contribution in [3.8, 4) is 0 Å². The summed E-state index contributed by atoms with van der Waals surface area (Å²) in [5.41, 5.74) is 6.93. The van der Waals surface area contributed by atoms with Crippen LogP contribution in [0, 0.1) is 0 Å². The van der Waals surface area contributed by atoms with Gasteiger partial charge in [0.15, 0.2) is 9.84 Å². The Morgan fingerprint density at radius 2 is 1.76 bits per heavy atom. The molecule has 1 aromatic carbocycles. The summed E-state index contributed by atoms with van der Waals surface area (Å²) in [5, 5.41) is -0.506. The molecule has 0 aromatic heterocycles. The first-order valence-electron chi connectivity index (χ1n) is 5.65. The Balaban J connectivity index is 3.02. The van der Waals surface area contributed by atoms with E-state index in [0.29, 0.717) is 6.42 Å². The summed E-state index contributed by atoms with van der Waals surface area (Å²) in [6.45, 7) is 3.52. The Kier molecular flexibility index (Phi) is 5.16. The monoisotopic (exact) mass is 319 g/mol. The number of rotatable bonds is 5. The third-order valence-electron chi connectivity index (χ3n) is 2.92. The average Bonchev–Trinajstić information content (AvgIpc) is 2.30. The molecule has 0 aliphatic carbocycles. The lowest BCUT2D eigenvalue weighted by atomic mass is 10.0. The molecule has 0 aliphatic heterocycles. The molecule has 17 heavy (non-hydrogen) atoms. The van der Waals surface area contributed by atoms with Crippen LogP contribution in [0.1, 0.15) is 31.9 Å². The van der Waals surface area contributed by atoms with E-state index in [1.165, 1.54) is 0 Å². The zero-order valence-corrected chi connectivity index (χ0v) is 12.5. The van der Waals surface area contributed by atoms with Gasteiger partial charge in [0.05, 0.1) is 5.25 Å². The Hall–Kier alpha value is -0.390. The van der Waals surface area contributed by atoms with Crippen molar-refractivity contribution >= 4 is 25.8 Å². The third-order valence-corrected chi connectivity index (χ3v) is 5.80. The minimum atomic E-state index is -3.10. The van der Waals surface area contributed by atoms with Gasteiger partial charge in [-0.05, 0) is 24.1 Å². The van der Waals surface area contributed by atoms with Crippen molar-refractivity contribution in [1.82, 2.24) is 0 Å². The van der Waals surface area contributed by atoms with Crippen LogP contribution in [0.2, 0.25) is 0 Å². The molecule has 0 saturated heterocycles. The molecular formula is C12H18BrNO2S. The largest absolute Gasteiger partial charge is 0.323 e. The number of nitrogens with two attached hydrogens (primary N) is 1. The van der Waals surface area contributed by atoms with Gasteiger partial charge in [0, 0.05) is 16.3 Å². The molecule has 3 nitrogen and oxygen atoms in total. The summed E-state index contributed by atoms with van der Waals surface area (Å²) in [4.78, 5) is 0. The van der Waals surface area contributed by atoms with E-state index in [2.05, 4.69) is 15.9 Å². The van der Waals surface area contributed by atoms with Crippen molar-refractivity contribution in [2.75, 3.05) is 5.75 Å². The van der Waals surface area contributed by atoms with Crippen molar-refractivity contribution in [2.24, 2.45) is 5.73 Å². The first kappa shape index (κ1) is 14.7. The predicted octanol–water partition coefficient (Wildman–Crippen LogP) is 2.66. The van der Waals surface area contributed by atoms with Gasteiger partial charge in [-0.1, -0.05) is 41.9 Å². The molecule has 0 bridgehead atoms. The molecular weight excluding hydrogens is 302 g/mol. The van der Waals surface area contributed by atoms with Gasteiger partial charge in [-0.2, -0.15) is 0 Å². The molecule has 96 valence electrons. The number of hydrogen-bond donors (Lipinski definition) is 1. The van der Waals surface area contributed by atoms with Gasteiger partial charge < -0.3 is 5.73 Å². The van der Waals surface area contributed by atoms with E-state index in [4.69, 9.17) is 5.73 Å². The highest BCUT2D eigenvalue weighted by molar-refractivity contribution is 9.10. The standard InChI is InChI=1S/C12H18BrNO2S/c1-3-11(17(15,16)4-2)12(14)9-5-7-10(13)8-6-9/h5-8,11-12H,3-4,14H2,1-2H3/t11-,12-/m0/s1. The van der Waals surface area contributed by atoms with Gasteiger partial charge in [0.2, 0.25) is 0 Å². The van der Waals surface area contributed by atoms with Gasteiger partial charge in [-0.3, -0.25) is 0 Å². The van der Waals surface area contributed by atoms with E-state index < -0.39 is 21.1 Å². The minimum Gasteiger partial charge on any atom is -0.323 e. The number of benzene rings is 1. The van der Waals surface area contributed by atoms with Crippen LogP contribution in [0.15, 0.2) is 28.7 Å². The van der Waals surface area contributed by atoms with Crippen LogP contribution in [0.5, 0.6) is 0 Å². The normalized spacial score (nSPS) is 15.5. The quantitative estimate of drug-likeness (QED) is 0.907. The maximum atomic E-state index is 11.9. The van der Waals surface area contributed by atoms with Gasteiger partial charge in [0.25, 0.3) is 0 Å². The smallest absolute Gasteiger partial charge is 0.154 e. The van der Waals surface area contributed by atoms with E-state index in [-0.39, 0.29) is 5.75 Å². The van der Waals surface area contributed by atoms with E-state index >= 15 is 0 Å². The maximum Gasteiger partial charge on any atom is 0.154 e. The molecule has 0 fully saturated rings. The Morgan fingerprint density at radius 1 is 1.24 bits per heavy atom. The van der Waals surface area contributed by atoms with Gasteiger partial charge in [-0.25, -0.2) is 8.42 Å². The van der Waals surface area contributed by atoms with E-state index in [0.717, 1.165) is 10.0 Å². The van der Waals surface area contributed by atoms with Gasteiger partial charge in [0.1, 0.15) is 0 Å². The molecule has 0 saturated carbocycles. The summed E-state index contributed by atoms with van der Waals surface area (Å²) in [5.74, 6) is 0.135. The lowest BCUT2D eigenvalue weighted by Crippen LogP contribution is -2.34. The van der Waals surface area contributed by atoms with Crippen LogP contribution in [0.4, 0.5) is 0 Å².